The van der Waals surface area contributed by atoms with E-state index in [0.29, 0.717) is 6.42 Å². The Hall–Kier alpha value is -0.610. The van der Waals surface area contributed by atoms with Crippen molar-refractivity contribution in [3.8, 4) is 0 Å². The topological polar surface area (TPSA) is 52.6 Å². The number of nitrogens with zero attached hydrogens (tertiary/aromatic N) is 1. The minimum Gasteiger partial charge on any atom is -0.480 e. The van der Waals surface area contributed by atoms with Gasteiger partial charge in [0.15, 0.2) is 0 Å². The lowest BCUT2D eigenvalue weighted by atomic mass is 10.1. The molecular weight excluding hydrogens is 156 g/mol. The van der Waals surface area contributed by atoms with Gasteiger partial charge in [-0.25, -0.2) is 10.4 Å². The average molecular weight is 174 g/mol. The highest BCUT2D eigenvalue weighted by Crippen LogP contribution is 2.00. The maximum Gasteiger partial charge on any atom is 0.322 e. The Morgan fingerprint density at radius 3 is 2.50 bits per heavy atom. The van der Waals surface area contributed by atoms with Crippen LogP contribution in [0.2, 0.25) is 0 Å². The van der Waals surface area contributed by atoms with E-state index in [1.54, 1.807) is 19.1 Å². The van der Waals surface area contributed by atoms with Gasteiger partial charge in [0, 0.05) is 14.1 Å². The van der Waals surface area contributed by atoms with Crippen LogP contribution in [0.1, 0.15) is 26.2 Å². The Balaban J connectivity index is 3.78. The van der Waals surface area contributed by atoms with Crippen LogP contribution in [0.5, 0.6) is 0 Å². The van der Waals surface area contributed by atoms with Gasteiger partial charge in [0.05, 0.1) is 0 Å². The van der Waals surface area contributed by atoms with E-state index in [1.165, 1.54) is 0 Å². The molecule has 0 heterocycles. The van der Waals surface area contributed by atoms with Crippen molar-refractivity contribution in [1.82, 2.24) is 10.4 Å². The normalized spacial score (nSPS) is 13.3. The molecule has 0 aliphatic heterocycles. The first-order valence-electron chi connectivity index (χ1n) is 4.24. The lowest BCUT2D eigenvalue weighted by Crippen LogP contribution is -2.44. The number of rotatable bonds is 6. The van der Waals surface area contributed by atoms with Gasteiger partial charge in [0.25, 0.3) is 0 Å². The minimum atomic E-state index is -0.780. The van der Waals surface area contributed by atoms with Gasteiger partial charge in [-0.15, -0.1) is 0 Å². The van der Waals surface area contributed by atoms with E-state index >= 15 is 0 Å². The van der Waals surface area contributed by atoms with Gasteiger partial charge in [0.2, 0.25) is 0 Å². The smallest absolute Gasteiger partial charge is 0.322 e. The molecule has 72 valence electrons. The molecule has 0 rings (SSSR count). The standard InChI is InChI=1S/C8H18N2O2/c1-4-5-6-7(8(11)12)9-10(2)3/h7,9H,4-6H2,1-3H3,(H,11,12). The largest absolute Gasteiger partial charge is 0.480 e. The molecule has 0 aliphatic carbocycles. The van der Waals surface area contributed by atoms with Crippen LogP contribution in [0.15, 0.2) is 0 Å². The van der Waals surface area contributed by atoms with Gasteiger partial charge in [-0.05, 0) is 6.42 Å². The lowest BCUT2D eigenvalue weighted by molar-refractivity contribution is -0.141. The van der Waals surface area contributed by atoms with Gasteiger partial charge in [-0.1, -0.05) is 19.8 Å². The number of hydrogen-bond acceptors (Lipinski definition) is 3. The number of aliphatic carboxylic acids is 1. The molecule has 0 saturated carbocycles. The molecule has 1 atom stereocenters. The van der Waals surface area contributed by atoms with Crippen molar-refractivity contribution < 1.29 is 9.90 Å². The summed E-state index contributed by atoms with van der Waals surface area (Å²) in [5, 5.41) is 10.4. The summed E-state index contributed by atoms with van der Waals surface area (Å²) in [6.45, 7) is 2.05. The molecule has 0 saturated heterocycles. The fourth-order valence-electron chi connectivity index (χ4n) is 0.963. The monoisotopic (exact) mass is 174 g/mol. The summed E-state index contributed by atoms with van der Waals surface area (Å²) < 4.78 is 0. The number of carboxylic acid groups (broad SMARTS) is 1. The van der Waals surface area contributed by atoms with Crippen molar-refractivity contribution in [1.29, 1.82) is 0 Å². The summed E-state index contributed by atoms with van der Waals surface area (Å²) in [6, 6.07) is -0.444. The Morgan fingerprint density at radius 1 is 1.58 bits per heavy atom. The highest BCUT2D eigenvalue weighted by atomic mass is 16.4. The molecule has 0 aromatic carbocycles. The van der Waals surface area contributed by atoms with Crippen LogP contribution >= 0.6 is 0 Å². The molecule has 0 aliphatic rings. The maximum absolute atomic E-state index is 10.7. The van der Waals surface area contributed by atoms with Crippen molar-refractivity contribution >= 4 is 5.97 Å². The number of unbranched alkanes of at least 4 members (excludes halogenated alkanes) is 1. The van der Waals surface area contributed by atoms with Crippen LogP contribution in [0.4, 0.5) is 0 Å². The SMILES string of the molecule is CCCCC(NN(C)C)C(=O)O. The molecule has 0 spiro atoms. The van der Waals surface area contributed by atoms with Crippen molar-refractivity contribution in [3.05, 3.63) is 0 Å². The fourth-order valence-corrected chi connectivity index (χ4v) is 0.963. The first-order chi connectivity index (χ1) is 5.57. The second-order valence-electron chi connectivity index (χ2n) is 3.06. The van der Waals surface area contributed by atoms with Crippen LogP contribution in [0, 0.1) is 0 Å². The predicted octanol–water partition coefficient (Wildman–Crippen LogP) is 0.696. The van der Waals surface area contributed by atoms with E-state index in [1.807, 2.05) is 0 Å². The predicted molar refractivity (Wildman–Crippen MR) is 47.8 cm³/mol. The zero-order chi connectivity index (χ0) is 9.56. The third-order valence-electron chi connectivity index (χ3n) is 1.56. The summed E-state index contributed by atoms with van der Waals surface area (Å²) in [6.07, 6.45) is 2.65. The third kappa shape index (κ3) is 5.09. The van der Waals surface area contributed by atoms with Crippen LogP contribution < -0.4 is 5.43 Å². The van der Waals surface area contributed by atoms with E-state index in [9.17, 15) is 4.79 Å². The minimum absolute atomic E-state index is 0.444. The lowest BCUT2D eigenvalue weighted by Gasteiger charge is -2.18. The quantitative estimate of drug-likeness (QED) is 0.582. The molecular formula is C8H18N2O2. The summed E-state index contributed by atoms with van der Waals surface area (Å²) in [5.41, 5.74) is 2.85. The Morgan fingerprint density at radius 2 is 2.17 bits per heavy atom. The first kappa shape index (κ1) is 11.4. The Kier molecular flexibility index (Phi) is 5.66. The second kappa shape index (κ2) is 5.97. The van der Waals surface area contributed by atoms with Gasteiger partial charge < -0.3 is 5.11 Å². The zero-order valence-corrected chi connectivity index (χ0v) is 8.00. The highest BCUT2D eigenvalue weighted by molar-refractivity contribution is 5.73. The summed E-state index contributed by atoms with van der Waals surface area (Å²) >= 11 is 0. The van der Waals surface area contributed by atoms with Crippen LogP contribution in [-0.2, 0) is 4.79 Å². The maximum atomic E-state index is 10.7. The van der Waals surface area contributed by atoms with Crippen molar-refractivity contribution in [3.63, 3.8) is 0 Å². The molecule has 2 N–H and O–H groups in total. The molecule has 12 heavy (non-hydrogen) atoms. The number of carbonyl (C=O) groups is 1. The van der Waals surface area contributed by atoms with Gasteiger partial charge in [-0.2, -0.15) is 0 Å². The zero-order valence-electron chi connectivity index (χ0n) is 8.00. The van der Waals surface area contributed by atoms with Crippen molar-refractivity contribution in [2.24, 2.45) is 0 Å². The molecule has 4 nitrogen and oxygen atoms in total. The van der Waals surface area contributed by atoms with Crippen LogP contribution in [0.3, 0.4) is 0 Å². The van der Waals surface area contributed by atoms with Crippen LogP contribution in [0.25, 0.3) is 0 Å². The summed E-state index contributed by atoms with van der Waals surface area (Å²) in [4.78, 5) is 10.7. The number of hydrogen-bond donors (Lipinski definition) is 2. The Labute approximate surface area is 73.5 Å². The first-order valence-corrected chi connectivity index (χ1v) is 4.24. The third-order valence-corrected chi connectivity index (χ3v) is 1.56. The van der Waals surface area contributed by atoms with Crippen molar-refractivity contribution in [2.45, 2.75) is 32.2 Å². The number of nitrogens with one attached hydrogen (secondary N) is 1. The van der Waals surface area contributed by atoms with E-state index in [0.717, 1.165) is 12.8 Å². The van der Waals surface area contributed by atoms with Crippen molar-refractivity contribution in [2.75, 3.05) is 14.1 Å². The number of hydrazine groups is 1. The number of carboxylic acids is 1. The molecule has 1 unspecified atom stereocenters. The fraction of sp³-hybridized carbons (Fsp3) is 0.875. The van der Waals surface area contributed by atoms with Gasteiger partial charge in [0.1, 0.15) is 6.04 Å². The van der Waals surface area contributed by atoms with E-state index in [-0.39, 0.29) is 0 Å². The molecule has 0 amide bonds. The molecule has 0 fully saturated rings. The molecule has 0 bridgehead atoms. The Bertz CT molecular complexity index is 137. The molecule has 0 aromatic heterocycles. The molecule has 0 aromatic rings. The van der Waals surface area contributed by atoms with E-state index < -0.39 is 12.0 Å². The summed E-state index contributed by atoms with van der Waals surface area (Å²) in [7, 11) is 3.59. The second-order valence-corrected chi connectivity index (χ2v) is 3.06. The molecule has 4 heteroatoms. The van der Waals surface area contributed by atoms with Gasteiger partial charge in [-0.3, -0.25) is 4.79 Å². The summed E-state index contributed by atoms with van der Waals surface area (Å²) in [5.74, 6) is -0.780. The highest BCUT2D eigenvalue weighted by Gasteiger charge is 2.16. The van der Waals surface area contributed by atoms with E-state index in [2.05, 4.69) is 12.3 Å². The van der Waals surface area contributed by atoms with Crippen LogP contribution in [-0.4, -0.2) is 36.2 Å². The van der Waals surface area contributed by atoms with E-state index in [4.69, 9.17) is 5.11 Å². The average Bonchev–Trinajstić information content (AvgIpc) is 1.96. The van der Waals surface area contributed by atoms with Gasteiger partial charge >= 0.3 is 5.97 Å². The molecule has 0 radical (unpaired) electrons.